The van der Waals surface area contributed by atoms with Gasteiger partial charge in [-0.25, -0.2) is 4.98 Å². The average molecular weight is 400 g/mol. The van der Waals surface area contributed by atoms with Crippen molar-refractivity contribution in [2.75, 3.05) is 13.2 Å². The topological polar surface area (TPSA) is 74.2 Å². The Morgan fingerprint density at radius 3 is 1.68 bits per heavy atom. The molecule has 1 aromatic heterocycles. The number of carbonyl (C=O) groups excluding carboxylic acids is 1. The van der Waals surface area contributed by atoms with Crippen molar-refractivity contribution in [2.24, 2.45) is 17.8 Å². The molecule has 0 amide bonds. The van der Waals surface area contributed by atoms with E-state index in [1.165, 1.54) is 6.42 Å². The van der Waals surface area contributed by atoms with E-state index in [-0.39, 0.29) is 19.9 Å². The lowest BCUT2D eigenvalue weighted by Gasteiger charge is -2.06. The van der Waals surface area contributed by atoms with Crippen LogP contribution in [0.2, 0.25) is 0 Å². The molecule has 0 aliphatic carbocycles. The standard InChI is InChI=1S/C12H19N3O3.C5H12.C4H10.CH4/c1-8(2)7-17-6-5-11(16)18-12-14-9(3)13-10(4)15-12;1-4-5(2)3;1-4(2)3;/h8H,5-7H2,1-4H3;5H,4H2,1-3H3;4H,1-3H3;1H4. The summed E-state index contributed by atoms with van der Waals surface area (Å²) < 4.78 is 10.3. The summed E-state index contributed by atoms with van der Waals surface area (Å²) in [4.78, 5) is 23.3. The quantitative estimate of drug-likeness (QED) is 0.425. The smallest absolute Gasteiger partial charge is 0.327 e. The van der Waals surface area contributed by atoms with Gasteiger partial charge in [-0.2, -0.15) is 9.97 Å². The molecule has 0 spiro atoms. The number of aromatic nitrogens is 3. The fourth-order valence-electron chi connectivity index (χ4n) is 1.26. The third-order valence-electron chi connectivity index (χ3n) is 2.76. The summed E-state index contributed by atoms with van der Waals surface area (Å²) in [6.45, 7) is 21.7. The Hall–Kier alpha value is -1.56. The van der Waals surface area contributed by atoms with Gasteiger partial charge in [-0.15, -0.1) is 0 Å². The maximum Gasteiger partial charge on any atom is 0.327 e. The molecule has 0 bridgehead atoms. The van der Waals surface area contributed by atoms with Crippen LogP contribution in [0.25, 0.3) is 0 Å². The maximum absolute atomic E-state index is 11.5. The van der Waals surface area contributed by atoms with Crippen molar-refractivity contribution in [2.45, 2.75) is 89.5 Å². The summed E-state index contributed by atoms with van der Waals surface area (Å²) in [7, 11) is 0. The second kappa shape index (κ2) is 18.8. The molecule has 0 radical (unpaired) electrons. The highest BCUT2D eigenvalue weighted by atomic mass is 16.6. The van der Waals surface area contributed by atoms with Crippen LogP contribution in [-0.2, 0) is 9.53 Å². The Labute approximate surface area is 173 Å². The minimum Gasteiger partial charge on any atom is -0.391 e. The summed E-state index contributed by atoms with van der Waals surface area (Å²) in [6, 6.07) is 0.0499. The van der Waals surface area contributed by atoms with E-state index < -0.39 is 5.97 Å². The van der Waals surface area contributed by atoms with Gasteiger partial charge in [0.15, 0.2) is 0 Å². The molecule has 0 N–H and O–H groups in total. The first-order chi connectivity index (χ1) is 12.5. The number of ether oxygens (including phenoxy) is 2. The van der Waals surface area contributed by atoms with Gasteiger partial charge < -0.3 is 9.47 Å². The van der Waals surface area contributed by atoms with Crippen LogP contribution in [0.4, 0.5) is 0 Å². The summed E-state index contributed by atoms with van der Waals surface area (Å²) in [5, 5.41) is 0. The maximum atomic E-state index is 11.5. The lowest BCUT2D eigenvalue weighted by Crippen LogP contribution is -2.15. The fourth-order valence-corrected chi connectivity index (χ4v) is 1.26. The minimum absolute atomic E-state index is 0. The van der Waals surface area contributed by atoms with Gasteiger partial charge in [0, 0.05) is 6.61 Å². The Morgan fingerprint density at radius 1 is 0.893 bits per heavy atom. The summed E-state index contributed by atoms with van der Waals surface area (Å²) in [5.41, 5.74) is 0. The molecule has 6 heteroatoms. The first-order valence-corrected chi connectivity index (χ1v) is 9.95. The molecule has 1 rings (SSSR count). The second-order valence-corrected chi connectivity index (χ2v) is 7.94. The summed E-state index contributed by atoms with van der Waals surface area (Å²) in [6.07, 6.45) is 1.50. The highest BCUT2D eigenvalue weighted by Gasteiger charge is 2.09. The molecule has 6 nitrogen and oxygen atoms in total. The Balaban J connectivity index is -0.000000525. The van der Waals surface area contributed by atoms with Crippen molar-refractivity contribution in [3.05, 3.63) is 11.6 Å². The highest BCUT2D eigenvalue weighted by Crippen LogP contribution is 2.04. The zero-order chi connectivity index (χ0) is 21.4. The lowest BCUT2D eigenvalue weighted by atomic mass is 10.2. The average Bonchev–Trinajstić information content (AvgIpc) is 2.50. The van der Waals surface area contributed by atoms with Gasteiger partial charge in [0.05, 0.1) is 13.0 Å². The second-order valence-electron chi connectivity index (χ2n) is 7.94. The number of nitrogens with zero attached hydrogens (tertiary/aromatic N) is 3. The van der Waals surface area contributed by atoms with Gasteiger partial charge in [-0.3, -0.25) is 4.79 Å². The molecule has 1 aromatic rings. The van der Waals surface area contributed by atoms with E-state index in [1.807, 2.05) is 0 Å². The van der Waals surface area contributed by atoms with E-state index in [2.05, 4.69) is 70.3 Å². The van der Waals surface area contributed by atoms with Gasteiger partial charge >= 0.3 is 12.0 Å². The third kappa shape index (κ3) is 24.4. The number of aryl methyl sites for hydroxylation is 2. The molecule has 0 saturated carbocycles. The molecule has 0 aromatic carbocycles. The fraction of sp³-hybridized carbons (Fsp3) is 0.818. The van der Waals surface area contributed by atoms with Crippen LogP contribution in [0.5, 0.6) is 6.01 Å². The first kappa shape index (κ1) is 31.1. The molecule has 0 aliphatic heterocycles. The van der Waals surface area contributed by atoms with E-state index in [0.717, 1.165) is 11.8 Å². The van der Waals surface area contributed by atoms with Crippen molar-refractivity contribution in [3.8, 4) is 6.01 Å². The van der Waals surface area contributed by atoms with Gasteiger partial charge in [0.25, 0.3) is 0 Å². The number of rotatable bonds is 7. The van der Waals surface area contributed by atoms with Crippen LogP contribution in [0.15, 0.2) is 0 Å². The van der Waals surface area contributed by atoms with Gasteiger partial charge in [0.1, 0.15) is 11.6 Å². The predicted octanol–water partition coefficient (Wildman–Crippen LogP) is 5.81. The van der Waals surface area contributed by atoms with Crippen molar-refractivity contribution in [3.63, 3.8) is 0 Å². The number of carbonyl (C=O) groups is 1. The Morgan fingerprint density at radius 2 is 1.32 bits per heavy atom. The van der Waals surface area contributed by atoms with Crippen molar-refractivity contribution >= 4 is 5.97 Å². The van der Waals surface area contributed by atoms with Crippen LogP contribution in [-0.4, -0.2) is 34.1 Å². The molecule has 1 heterocycles. The van der Waals surface area contributed by atoms with Crippen molar-refractivity contribution < 1.29 is 14.3 Å². The summed E-state index contributed by atoms with van der Waals surface area (Å²) in [5.74, 6) is 2.83. The van der Waals surface area contributed by atoms with Crippen LogP contribution >= 0.6 is 0 Å². The van der Waals surface area contributed by atoms with Gasteiger partial charge in [-0.05, 0) is 31.6 Å². The van der Waals surface area contributed by atoms with Crippen LogP contribution in [0.1, 0.15) is 87.3 Å². The molecule has 0 fully saturated rings. The molecular weight excluding hydrogens is 354 g/mol. The first-order valence-electron chi connectivity index (χ1n) is 9.95. The largest absolute Gasteiger partial charge is 0.391 e. The molecule has 0 unspecified atom stereocenters. The lowest BCUT2D eigenvalue weighted by molar-refractivity contribution is -0.136. The van der Waals surface area contributed by atoms with Crippen molar-refractivity contribution in [1.29, 1.82) is 0 Å². The number of hydrogen-bond donors (Lipinski definition) is 0. The van der Waals surface area contributed by atoms with E-state index in [4.69, 9.17) is 9.47 Å². The normalized spacial score (nSPS) is 9.89. The number of hydrogen-bond acceptors (Lipinski definition) is 6. The Bertz CT molecular complexity index is 481. The molecule has 0 saturated heterocycles. The van der Waals surface area contributed by atoms with Crippen LogP contribution in [0, 0.1) is 31.6 Å². The molecule has 0 aliphatic rings. The molecule has 166 valence electrons. The van der Waals surface area contributed by atoms with Gasteiger partial charge in [0.2, 0.25) is 0 Å². The minimum atomic E-state index is -0.399. The predicted molar refractivity (Wildman–Crippen MR) is 118 cm³/mol. The van der Waals surface area contributed by atoms with E-state index in [0.29, 0.717) is 30.8 Å². The molecule has 0 atom stereocenters. The van der Waals surface area contributed by atoms with Crippen molar-refractivity contribution in [1.82, 2.24) is 15.0 Å². The Kier molecular flexibility index (Phi) is 20.9. The van der Waals surface area contributed by atoms with Crippen LogP contribution in [0.3, 0.4) is 0 Å². The molecule has 28 heavy (non-hydrogen) atoms. The summed E-state index contributed by atoms with van der Waals surface area (Å²) >= 11 is 0. The van der Waals surface area contributed by atoms with E-state index in [9.17, 15) is 4.79 Å². The third-order valence-corrected chi connectivity index (χ3v) is 2.76. The number of esters is 1. The van der Waals surface area contributed by atoms with Crippen LogP contribution < -0.4 is 4.74 Å². The SMILES string of the molecule is C.CC(C)C.CCC(C)C.Cc1nc(C)nc(OC(=O)CCOCC(C)C)n1. The molecular formula is C22H45N3O3. The zero-order valence-electron chi connectivity index (χ0n) is 19.1. The monoisotopic (exact) mass is 399 g/mol. The zero-order valence-corrected chi connectivity index (χ0v) is 19.1. The van der Waals surface area contributed by atoms with Gasteiger partial charge in [-0.1, -0.05) is 69.2 Å². The van der Waals surface area contributed by atoms with E-state index >= 15 is 0 Å². The van der Waals surface area contributed by atoms with E-state index in [1.54, 1.807) is 13.8 Å². The highest BCUT2D eigenvalue weighted by molar-refractivity contribution is 5.71.